The Morgan fingerprint density at radius 1 is 1.40 bits per heavy atom. The summed E-state index contributed by atoms with van der Waals surface area (Å²) in [5.74, 6) is -0.389. The standard InChI is InChI=1S/C13H14Cl2N4O/c1-3-19-12(10(16)7(2)18-19)13(20)17-11-8(14)5-4-6-9(11)15/h4-6H,3,16H2,1-2H3,(H,17,20). The van der Waals surface area contributed by atoms with E-state index in [-0.39, 0.29) is 5.91 Å². The van der Waals surface area contributed by atoms with E-state index in [1.807, 2.05) is 6.92 Å². The van der Waals surface area contributed by atoms with Gasteiger partial charge in [0, 0.05) is 6.54 Å². The molecule has 1 heterocycles. The van der Waals surface area contributed by atoms with Crippen molar-refractivity contribution >= 4 is 40.5 Å². The topological polar surface area (TPSA) is 72.9 Å². The van der Waals surface area contributed by atoms with Gasteiger partial charge in [-0.05, 0) is 26.0 Å². The van der Waals surface area contributed by atoms with E-state index < -0.39 is 0 Å². The van der Waals surface area contributed by atoms with Crippen molar-refractivity contribution in [2.45, 2.75) is 20.4 Å². The molecule has 7 heteroatoms. The van der Waals surface area contributed by atoms with Crippen LogP contribution in [0.15, 0.2) is 18.2 Å². The highest BCUT2D eigenvalue weighted by molar-refractivity contribution is 6.40. The number of para-hydroxylation sites is 1. The largest absolute Gasteiger partial charge is 0.395 e. The van der Waals surface area contributed by atoms with Crippen molar-refractivity contribution in [1.82, 2.24) is 9.78 Å². The molecule has 0 atom stereocenters. The van der Waals surface area contributed by atoms with Crippen LogP contribution in [0.5, 0.6) is 0 Å². The van der Waals surface area contributed by atoms with Gasteiger partial charge in [-0.3, -0.25) is 9.48 Å². The SMILES string of the molecule is CCn1nc(C)c(N)c1C(=O)Nc1c(Cl)cccc1Cl. The van der Waals surface area contributed by atoms with E-state index in [9.17, 15) is 4.79 Å². The molecule has 1 amide bonds. The summed E-state index contributed by atoms with van der Waals surface area (Å²) in [5, 5.41) is 7.61. The Morgan fingerprint density at radius 2 is 2.00 bits per heavy atom. The molecule has 0 aliphatic heterocycles. The average molecular weight is 313 g/mol. The third-order valence-electron chi connectivity index (χ3n) is 2.89. The fraction of sp³-hybridized carbons (Fsp3) is 0.231. The van der Waals surface area contributed by atoms with Gasteiger partial charge in [0.15, 0.2) is 0 Å². The minimum Gasteiger partial charge on any atom is -0.395 e. The number of halogens is 2. The highest BCUT2D eigenvalue weighted by Crippen LogP contribution is 2.30. The van der Waals surface area contributed by atoms with Gasteiger partial charge < -0.3 is 11.1 Å². The lowest BCUT2D eigenvalue weighted by Gasteiger charge is -2.10. The van der Waals surface area contributed by atoms with Crippen LogP contribution in [0.25, 0.3) is 0 Å². The predicted octanol–water partition coefficient (Wildman–Crippen LogP) is 3.35. The number of aryl methyl sites for hydroxylation is 2. The molecule has 0 aliphatic rings. The van der Waals surface area contributed by atoms with Gasteiger partial charge in [0.1, 0.15) is 5.69 Å². The second-order valence-electron chi connectivity index (χ2n) is 4.21. The minimum atomic E-state index is -0.389. The zero-order valence-corrected chi connectivity index (χ0v) is 12.6. The van der Waals surface area contributed by atoms with Gasteiger partial charge in [-0.15, -0.1) is 0 Å². The van der Waals surface area contributed by atoms with Gasteiger partial charge in [0.25, 0.3) is 5.91 Å². The predicted molar refractivity (Wildman–Crippen MR) is 81.5 cm³/mol. The van der Waals surface area contributed by atoms with E-state index in [1.54, 1.807) is 29.8 Å². The van der Waals surface area contributed by atoms with Crippen molar-refractivity contribution in [1.29, 1.82) is 0 Å². The molecule has 0 unspecified atom stereocenters. The first-order valence-electron chi connectivity index (χ1n) is 6.04. The van der Waals surface area contributed by atoms with Crippen molar-refractivity contribution in [2.75, 3.05) is 11.1 Å². The molecular weight excluding hydrogens is 299 g/mol. The molecule has 3 N–H and O–H groups in total. The first-order valence-corrected chi connectivity index (χ1v) is 6.79. The lowest BCUT2D eigenvalue weighted by atomic mass is 10.2. The molecule has 0 fully saturated rings. The number of aromatic nitrogens is 2. The number of benzene rings is 1. The van der Waals surface area contributed by atoms with Crippen LogP contribution in [0.2, 0.25) is 10.0 Å². The Morgan fingerprint density at radius 3 is 2.55 bits per heavy atom. The summed E-state index contributed by atoms with van der Waals surface area (Å²) in [5.41, 5.74) is 7.54. The van der Waals surface area contributed by atoms with E-state index in [4.69, 9.17) is 28.9 Å². The number of hydrogen-bond donors (Lipinski definition) is 2. The molecule has 5 nitrogen and oxygen atoms in total. The molecule has 0 saturated heterocycles. The Hall–Kier alpha value is -1.72. The highest BCUT2D eigenvalue weighted by Gasteiger charge is 2.20. The molecule has 0 bridgehead atoms. The smallest absolute Gasteiger partial charge is 0.276 e. The van der Waals surface area contributed by atoms with Crippen LogP contribution in [0.3, 0.4) is 0 Å². The minimum absolute atomic E-state index is 0.306. The Bertz CT molecular complexity index is 646. The number of nitrogens with two attached hydrogens (primary N) is 1. The molecule has 2 rings (SSSR count). The normalized spacial score (nSPS) is 10.6. The van der Waals surface area contributed by atoms with Crippen LogP contribution in [-0.2, 0) is 6.54 Å². The Labute approximate surface area is 126 Å². The van der Waals surface area contributed by atoms with Gasteiger partial charge in [0.05, 0.1) is 27.1 Å². The number of amides is 1. The quantitative estimate of drug-likeness (QED) is 0.912. The number of anilines is 2. The number of nitrogens with one attached hydrogen (secondary N) is 1. The first-order chi connectivity index (χ1) is 9.45. The van der Waals surface area contributed by atoms with Crippen LogP contribution in [-0.4, -0.2) is 15.7 Å². The number of nitrogens with zero attached hydrogens (tertiary/aromatic N) is 2. The summed E-state index contributed by atoms with van der Waals surface area (Å²) in [7, 11) is 0. The van der Waals surface area contributed by atoms with E-state index in [0.717, 1.165) is 0 Å². The van der Waals surface area contributed by atoms with E-state index in [1.165, 1.54) is 0 Å². The van der Waals surface area contributed by atoms with Gasteiger partial charge in [-0.1, -0.05) is 29.3 Å². The Kier molecular flexibility index (Phi) is 4.20. The van der Waals surface area contributed by atoms with Gasteiger partial charge in [-0.2, -0.15) is 5.10 Å². The van der Waals surface area contributed by atoms with Crippen LogP contribution in [0.4, 0.5) is 11.4 Å². The molecule has 0 aliphatic carbocycles. The summed E-state index contributed by atoms with van der Waals surface area (Å²) in [4.78, 5) is 12.4. The van der Waals surface area contributed by atoms with Gasteiger partial charge in [0.2, 0.25) is 0 Å². The van der Waals surface area contributed by atoms with Crippen molar-refractivity contribution in [2.24, 2.45) is 0 Å². The Balaban J connectivity index is 2.38. The maximum Gasteiger partial charge on any atom is 0.276 e. The second-order valence-corrected chi connectivity index (χ2v) is 5.03. The molecule has 0 spiro atoms. The highest BCUT2D eigenvalue weighted by atomic mass is 35.5. The maximum atomic E-state index is 12.4. The zero-order valence-electron chi connectivity index (χ0n) is 11.1. The van der Waals surface area contributed by atoms with E-state index in [0.29, 0.717) is 39.4 Å². The molecule has 20 heavy (non-hydrogen) atoms. The first kappa shape index (κ1) is 14.7. The summed E-state index contributed by atoms with van der Waals surface area (Å²) < 4.78 is 1.55. The average Bonchev–Trinajstić information content (AvgIpc) is 2.69. The van der Waals surface area contributed by atoms with Crippen LogP contribution < -0.4 is 11.1 Å². The van der Waals surface area contributed by atoms with Crippen molar-refractivity contribution in [3.05, 3.63) is 39.6 Å². The van der Waals surface area contributed by atoms with Gasteiger partial charge in [-0.25, -0.2) is 0 Å². The molecule has 2 aromatic rings. The van der Waals surface area contributed by atoms with E-state index in [2.05, 4.69) is 10.4 Å². The molecule has 0 saturated carbocycles. The summed E-state index contributed by atoms with van der Waals surface area (Å²) in [6, 6.07) is 5.00. The number of carbonyl (C=O) groups excluding carboxylic acids is 1. The molecular formula is C13H14Cl2N4O. The second kappa shape index (κ2) is 5.73. The summed E-state index contributed by atoms with van der Waals surface area (Å²) >= 11 is 12.1. The van der Waals surface area contributed by atoms with Crippen LogP contribution >= 0.6 is 23.2 Å². The van der Waals surface area contributed by atoms with Crippen molar-refractivity contribution in [3.8, 4) is 0 Å². The lowest BCUT2D eigenvalue weighted by molar-refractivity contribution is 0.101. The number of nitrogen functional groups attached to an aromatic ring is 1. The van der Waals surface area contributed by atoms with Crippen molar-refractivity contribution < 1.29 is 4.79 Å². The number of rotatable bonds is 3. The number of carbonyl (C=O) groups is 1. The third-order valence-corrected chi connectivity index (χ3v) is 3.52. The van der Waals surface area contributed by atoms with E-state index >= 15 is 0 Å². The molecule has 1 aromatic carbocycles. The lowest BCUT2D eigenvalue weighted by Crippen LogP contribution is -2.19. The number of hydrogen-bond acceptors (Lipinski definition) is 3. The fourth-order valence-corrected chi connectivity index (χ4v) is 2.35. The van der Waals surface area contributed by atoms with Crippen molar-refractivity contribution in [3.63, 3.8) is 0 Å². The molecule has 1 aromatic heterocycles. The summed E-state index contributed by atoms with van der Waals surface area (Å²) in [6.45, 7) is 4.17. The van der Waals surface area contributed by atoms with Crippen LogP contribution in [0.1, 0.15) is 23.1 Å². The zero-order chi connectivity index (χ0) is 14.9. The summed E-state index contributed by atoms with van der Waals surface area (Å²) in [6.07, 6.45) is 0. The fourth-order valence-electron chi connectivity index (χ4n) is 1.85. The maximum absolute atomic E-state index is 12.4. The van der Waals surface area contributed by atoms with Crippen LogP contribution in [0, 0.1) is 6.92 Å². The third kappa shape index (κ3) is 2.59. The molecule has 0 radical (unpaired) electrons. The molecule has 106 valence electrons. The monoisotopic (exact) mass is 312 g/mol. The van der Waals surface area contributed by atoms with Gasteiger partial charge >= 0.3 is 0 Å².